The molecule has 0 unspecified atom stereocenters. The van der Waals surface area contributed by atoms with Crippen molar-refractivity contribution in [3.8, 4) is 11.5 Å². The fourth-order valence-corrected chi connectivity index (χ4v) is 8.76. The molecule has 2 saturated carbocycles. The molecular formula is C24H26N2O7. The summed E-state index contributed by atoms with van der Waals surface area (Å²) in [4.78, 5) is 45.1. The number of hydrogen-bond acceptors (Lipinski definition) is 8. The molecule has 9 nitrogen and oxygen atoms in total. The molecule has 2 aliphatic carbocycles. The van der Waals surface area contributed by atoms with Crippen LogP contribution in [-0.4, -0.2) is 68.4 Å². The molecule has 33 heavy (non-hydrogen) atoms. The Morgan fingerprint density at radius 2 is 1.97 bits per heavy atom. The molecule has 1 spiro atoms. The Hall–Kier alpha value is -2.81. The standard InChI is InChI=1S/C24H26N2O7/c1-30-20(28)23-8-7-22-6-3-9-25-11-14(15(27)10-22)24(23,19(22)25)13-4-5-16-18(33-12-32-16)17(13)26(23)21(29)31-2/h4-5,14,19H,3,6-12H2,1-2H3/t14-,19-,22-,23+,24-/m1/s1. The first-order chi connectivity index (χ1) is 16.0. The molecule has 4 fully saturated rings. The number of nitrogens with zero attached hydrogens (tertiary/aromatic N) is 2. The van der Waals surface area contributed by atoms with Crippen molar-refractivity contribution >= 4 is 23.5 Å². The number of ketones is 1. The zero-order chi connectivity index (χ0) is 22.8. The number of carbonyl (C=O) groups excluding carboxylic acids is 3. The van der Waals surface area contributed by atoms with Crippen molar-refractivity contribution in [3.05, 3.63) is 17.7 Å². The van der Waals surface area contributed by atoms with E-state index in [1.165, 1.54) is 19.1 Å². The van der Waals surface area contributed by atoms with E-state index in [9.17, 15) is 14.4 Å². The Morgan fingerprint density at radius 3 is 2.76 bits per heavy atom. The van der Waals surface area contributed by atoms with Gasteiger partial charge in [0.15, 0.2) is 17.0 Å². The monoisotopic (exact) mass is 454 g/mol. The van der Waals surface area contributed by atoms with E-state index in [-0.39, 0.29) is 24.0 Å². The maximum absolute atomic E-state index is 13.9. The number of benzene rings is 1. The number of fused-ring (bicyclic) bond motifs is 3. The van der Waals surface area contributed by atoms with Gasteiger partial charge < -0.3 is 18.9 Å². The molecule has 0 aromatic heterocycles. The molecule has 7 rings (SSSR count). The molecule has 1 aromatic carbocycles. The van der Waals surface area contributed by atoms with Crippen molar-refractivity contribution in [3.63, 3.8) is 0 Å². The number of rotatable bonds is 1. The van der Waals surface area contributed by atoms with E-state index in [2.05, 4.69) is 4.90 Å². The van der Waals surface area contributed by atoms with E-state index >= 15 is 0 Å². The molecule has 2 saturated heterocycles. The summed E-state index contributed by atoms with van der Waals surface area (Å²) in [5.74, 6) is 0.206. The summed E-state index contributed by atoms with van der Waals surface area (Å²) in [6, 6.07) is 3.73. The van der Waals surface area contributed by atoms with Gasteiger partial charge in [0.1, 0.15) is 5.78 Å². The second-order valence-corrected chi connectivity index (χ2v) is 10.3. The Kier molecular flexibility index (Phi) is 3.57. The van der Waals surface area contributed by atoms with Crippen LogP contribution in [0.3, 0.4) is 0 Å². The molecule has 4 aliphatic heterocycles. The third kappa shape index (κ3) is 1.84. The van der Waals surface area contributed by atoms with Gasteiger partial charge in [-0.3, -0.25) is 14.6 Å². The van der Waals surface area contributed by atoms with Gasteiger partial charge >= 0.3 is 12.1 Å². The van der Waals surface area contributed by atoms with Gasteiger partial charge in [0.05, 0.1) is 25.3 Å². The molecule has 9 heteroatoms. The number of carbonyl (C=O) groups is 3. The number of ether oxygens (including phenoxy) is 4. The topological polar surface area (TPSA) is 94.6 Å². The molecule has 0 N–H and O–H groups in total. The van der Waals surface area contributed by atoms with Gasteiger partial charge in [-0.1, -0.05) is 6.07 Å². The van der Waals surface area contributed by atoms with Crippen molar-refractivity contribution in [2.24, 2.45) is 11.3 Å². The highest BCUT2D eigenvalue weighted by molar-refractivity contribution is 6.08. The van der Waals surface area contributed by atoms with Gasteiger partial charge in [-0.05, 0) is 49.3 Å². The zero-order valence-electron chi connectivity index (χ0n) is 18.7. The summed E-state index contributed by atoms with van der Waals surface area (Å²) in [5.41, 5.74) is -1.22. The highest BCUT2D eigenvalue weighted by Gasteiger charge is 2.84. The number of piperidine rings is 1. The average Bonchev–Trinajstić information content (AvgIpc) is 3.49. The summed E-state index contributed by atoms with van der Waals surface area (Å²) in [5, 5.41) is 0. The lowest BCUT2D eigenvalue weighted by Gasteiger charge is -2.64. The maximum Gasteiger partial charge on any atom is 0.415 e. The predicted octanol–water partition coefficient (Wildman–Crippen LogP) is 2.00. The van der Waals surface area contributed by atoms with E-state index in [1.54, 1.807) is 0 Å². The second kappa shape index (κ2) is 6.00. The molecule has 0 radical (unpaired) electrons. The van der Waals surface area contributed by atoms with Crippen LogP contribution in [0, 0.1) is 11.3 Å². The molecular weight excluding hydrogens is 428 g/mol. The van der Waals surface area contributed by atoms with Gasteiger partial charge in [-0.25, -0.2) is 9.59 Å². The number of amides is 1. The van der Waals surface area contributed by atoms with Gasteiger partial charge in [-0.2, -0.15) is 0 Å². The minimum absolute atomic E-state index is 0.0286. The van der Waals surface area contributed by atoms with Crippen LogP contribution in [0.5, 0.6) is 11.5 Å². The van der Waals surface area contributed by atoms with Gasteiger partial charge in [-0.15, -0.1) is 0 Å². The van der Waals surface area contributed by atoms with Crippen molar-refractivity contribution in [2.75, 3.05) is 39.0 Å². The number of hydrogen-bond donors (Lipinski definition) is 0. The van der Waals surface area contributed by atoms with Crippen molar-refractivity contribution in [2.45, 2.75) is 49.1 Å². The fourth-order valence-electron chi connectivity index (χ4n) is 8.76. The minimum Gasteiger partial charge on any atom is -0.467 e. The van der Waals surface area contributed by atoms with Crippen LogP contribution in [0.1, 0.15) is 37.7 Å². The summed E-state index contributed by atoms with van der Waals surface area (Å²) in [6.45, 7) is 1.50. The van der Waals surface area contributed by atoms with E-state index in [0.717, 1.165) is 24.9 Å². The summed E-state index contributed by atoms with van der Waals surface area (Å²) < 4.78 is 22.2. The lowest BCUT2D eigenvalue weighted by Crippen LogP contribution is -2.78. The first-order valence-corrected chi connectivity index (χ1v) is 11.6. The molecule has 4 bridgehead atoms. The Bertz CT molecular complexity index is 1140. The Morgan fingerprint density at radius 1 is 1.12 bits per heavy atom. The predicted molar refractivity (Wildman–Crippen MR) is 113 cm³/mol. The molecule has 1 amide bonds. The molecule has 6 aliphatic rings. The number of methoxy groups -OCH3 is 2. The van der Waals surface area contributed by atoms with Crippen LogP contribution < -0.4 is 14.4 Å². The molecule has 174 valence electrons. The lowest BCUT2D eigenvalue weighted by molar-refractivity contribution is -0.166. The van der Waals surface area contributed by atoms with Crippen LogP contribution in [0.15, 0.2) is 12.1 Å². The number of esters is 1. The van der Waals surface area contributed by atoms with Gasteiger partial charge in [0.25, 0.3) is 0 Å². The Balaban J connectivity index is 1.63. The number of Topliss-reactive ketones (excluding diaryl/α,β-unsaturated/α-hetero) is 1. The van der Waals surface area contributed by atoms with E-state index in [0.29, 0.717) is 43.0 Å². The Labute approximate surface area is 190 Å². The molecule has 1 aromatic rings. The summed E-state index contributed by atoms with van der Waals surface area (Å²) in [6.07, 6.45) is 2.94. The van der Waals surface area contributed by atoms with Crippen molar-refractivity contribution in [1.29, 1.82) is 0 Å². The lowest BCUT2D eigenvalue weighted by atomic mass is 9.41. The van der Waals surface area contributed by atoms with E-state index < -0.39 is 28.9 Å². The van der Waals surface area contributed by atoms with Crippen LogP contribution in [0.25, 0.3) is 0 Å². The van der Waals surface area contributed by atoms with Crippen molar-refractivity contribution < 1.29 is 33.3 Å². The van der Waals surface area contributed by atoms with Gasteiger partial charge in [0, 0.05) is 24.9 Å². The minimum atomic E-state index is -1.39. The second-order valence-electron chi connectivity index (χ2n) is 10.3. The average molecular weight is 454 g/mol. The summed E-state index contributed by atoms with van der Waals surface area (Å²) >= 11 is 0. The molecule has 4 heterocycles. The fraction of sp³-hybridized carbons (Fsp3) is 0.625. The third-order valence-corrected chi connectivity index (χ3v) is 9.49. The largest absolute Gasteiger partial charge is 0.467 e. The SMILES string of the molecule is COC(=O)N1c2c(ccc3c2OCO3)[C@]23[C@@H]4CN5CCC[C@@](CC[C@@]12C(=O)OC)(CC4=O)[C@@H]53. The quantitative estimate of drug-likeness (QED) is 0.595. The molecule has 5 atom stereocenters. The zero-order valence-corrected chi connectivity index (χ0v) is 18.7. The number of anilines is 1. The smallest absolute Gasteiger partial charge is 0.415 e. The van der Waals surface area contributed by atoms with Gasteiger partial charge in [0.2, 0.25) is 6.79 Å². The van der Waals surface area contributed by atoms with Crippen molar-refractivity contribution in [1.82, 2.24) is 4.90 Å². The van der Waals surface area contributed by atoms with Crippen LogP contribution >= 0.6 is 0 Å². The highest BCUT2D eigenvalue weighted by atomic mass is 16.7. The summed E-state index contributed by atoms with van der Waals surface area (Å²) in [7, 11) is 2.66. The van der Waals surface area contributed by atoms with E-state index in [1.807, 2.05) is 12.1 Å². The first-order valence-electron chi connectivity index (χ1n) is 11.6. The van der Waals surface area contributed by atoms with Crippen LogP contribution in [0.2, 0.25) is 0 Å². The maximum atomic E-state index is 13.9. The third-order valence-electron chi connectivity index (χ3n) is 9.49. The van der Waals surface area contributed by atoms with Crippen LogP contribution in [0.4, 0.5) is 10.5 Å². The highest BCUT2D eigenvalue weighted by Crippen LogP contribution is 2.75. The van der Waals surface area contributed by atoms with Crippen LogP contribution in [-0.2, 0) is 24.5 Å². The van der Waals surface area contributed by atoms with E-state index in [4.69, 9.17) is 18.9 Å². The first kappa shape index (κ1) is 19.6. The normalized spacial score (nSPS) is 39.2.